The van der Waals surface area contributed by atoms with Gasteiger partial charge in [0.2, 0.25) is 0 Å². The molecule has 10 rings (SSSR count). The van der Waals surface area contributed by atoms with E-state index in [4.69, 9.17) is 21.3 Å². The number of ether oxygens (including phenoxy) is 1. The van der Waals surface area contributed by atoms with Crippen molar-refractivity contribution in [2.75, 3.05) is 69.2 Å². The zero-order valence-electron chi connectivity index (χ0n) is 37.7. The third-order valence-corrected chi connectivity index (χ3v) is 15.3. The van der Waals surface area contributed by atoms with Crippen molar-refractivity contribution in [3.63, 3.8) is 0 Å². The van der Waals surface area contributed by atoms with Crippen molar-refractivity contribution >= 4 is 72.2 Å². The highest BCUT2D eigenvalue weighted by Gasteiger charge is 2.37. The molecule has 0 bridgehead atoms. The lowest BCUT2D eigenvalue weighted by Gasteiger charge is -2.39. The van der Waals surface area contributed by atoms with Crippen LogP contribution in [-0.4, -0.2) is 120 Å². The first-order valence-electron chi connectivity index (χ1n) is 23.1. The van der Waals surface area contributed by atoms with Gasteiger partial charge < -0.3 is 19.9 Å². The third-order valence-electron chi connectivity index (χ3n) is 13.8. The summed E-state index contributed by atoms with van der Waals surface area (Å²) in [5.41, 5.74) is 7.30. The van der Waals surface area contributed by atoms with E-state index in [2.05, 4.69) is 60.8 Å². The first kappa shape index (κ1) is 45.0. The average molecular weight is 948 g/mol. The summed E-state index contributed by atoms with van der Waals surface area (Å²) in [7, 11) is -4.58. The van der Waals surface area contributed by atoms with E-state index in [9.17, 15) is 23.3 Å². The van der Waals surface area contributed by atoms with Gasteiger partial charge in [0.05, 0.1) is 52.0 Å². The van der Waals surface area contributed by atoms with Crippen LogP contribution in [0.3, 0.4) is 0 Å². The number of hydrogen-bond acceptors (Lipinski definition) is 12. The van der Waals surface area contributed by atoms with Crippen LogP contribution < -0.4 is 14.9 Å². The average Bonchev–Trinajstić information content (AvgIpc) is 3.90. The molecule has 0 radical (unpaired) electrons. The predicted octanol–water partition coefficient (Wildman–Crippen LogP) is 8.03. The number of rotatable bonds is 16. The molecule has 4 aliphatic rings. The number of amides is 1. The Morgan fingerprint density at radius 2 is 1.81 bits per heavy atom. The lowest BCUT2D eigenvalue weighted by atomic mass is 9.72. The van der Waals surface area contributed by atoms with Crippen LogP contribution in [0.5, 0.6) is 0 Å². The Kier molecular flexibility index (Phi) is 12.3. The van der Waals surface area contributed by atoms with Crippen molar-refractivity contribution in [2.24, 2.45) is 5.41 Å². The lowest BCUT2D eigenvalue weighted by Crippen LogP contribution is -2.50. The van der Waals surface area contributed by atoms with Gasteiger partial charge in [0.15, 0.2) is 0 Å². The number of sulfonamides is 1. The Bertz CT molecular complexity index is 2990. The number of nitrogens with zero attached hydrogens (tertiary/aromatic N) is 7. The molecule has 2 saturated heterocycles. The topological polar surface area (TPSA) is 184 Å². The maximum Gasteiger partial charge on any atom is 0.293 e. The molecule has 67 heavy (non-hydrogen) atoms. The lowest BCUT2D eigenvalue weighted by molar-refractivity contribution is -0.384. The summed E-state index contributed by atoms with van der Waals surface area (Å²) in [6.07, 6.45) is 9.70. The van der Waals surface area contributed by atoms with Gasteiger partial charge in [-0.05, 0) is 110 Å². The van der Waals surface area contributed by atoms with E-state index < -0.39 is 31.4 Å². The van der Waals surface area contributed by atoms with Crippen molar-refractivity contribution in [1.82, 2.24) is 34.3 Å². The molecule has 3 aromatic heterocycles. The van der Waals surface area contributed by atoms with E-state index >= 15 is 0 Å². The Hall–Kier alpha value is -5.85. The van der Waals surface area contributed by atoms with Gasteiger partial charge in [-0.2, -0.15) is 5.10 Å². The van der Waals surface area contributed by atoms with Crippen LogP contribution in [0.4, 0.5) is 17.1 Å². The number of nitrogens with one attached hydrogen (secondary N) is 3. The van der Waals surface area contributed by atoms with Gasteiger partial charge in [-0.3, -0.25) is 24.7 Å². The van der Waals surface area contributed by atoms with Crippen LogP contribution >= 0.6 is 11.6 Å². The van der Waals surface area contributed by atoms with Crippen LogP contribution in [0.1, 0.15) is 68.3 Å². The molecule has 5 heterocycles. The Morgan fingerprint density at radius 3 is 2.54 bits per heavy atom. The minimum absolute atomic E-state index is 0.0495. The minimum atomic E-state index is -4.58. The second-order valence-corrected chi connectivity index (χ2v) is 21.2. The van der Waals surface area contributed by atoms with E-state index in [0.717, 1.165) is 100 Å². The molecule has 2 aliphatic carbocycles. The van der Waals surface area contributed by atoms with Crippen molar-refractivity contribution < 1.29 is 22.9 Å². The molecule has 3 aromatic carbocycles. The standard InChI is InChI=1S/C49H55ClN10O6S/c1-49(2)16-14-34(41(27-49)32-4-6-35(50)7-5-32)29-56-20-22-57(23-21-56)37-10-12-40(44(25-37)59-45-24-33-15-18-52-47(33)54-43(45)28-53-59)48(61)55-67(64,65)39-11-13-42(46(26-39)60(62)63)51-17-3-19-58(36-8-9-36)38-30-66-31-38/h4-7,10-13,15,18,24-26,28,36,38,51H,3,8-9,14,16-17,19-23,27,29-31H2,1-2H3,(H,52,54)(H,55,61). The number of aromatic nitrogens is 4. The van der Waals surface area contributed by atoms with Crippen molar-refractivity contribution in [3.8, 4) is 5.69 Å². The number of carbonyl (C=O) groups excluding carboxylic acids is 1. The number of anilines is 2. The zero-order chi connectivity index (χ0) is 46.5. The molecule has 3 fully saturated rings. The largest absolute Gasteiger partial charge is 0.379 e. The number of allylic oxidation sites excluding steroid dienone is 1. The van der Waals surface area contributed by atoms with Gasteiger partial charge in [-0.1, -0.05) is 43.2 Å². The number of pyridine rings is 1. The fourth-order valence-corrected chi connectivity index (χ4v) is 10.9. The predicted molar refractivity (Wildman–Crippen MR) is 261 cm³/mol. The van der Waals surface area contributed by atoms with Crippen molar-refractivity contribution in [1.29, 1.82) is 0 Å². The maximum atomic E-state index is 14.3. The quantitative estimate of drug-likeness (QED) is 0.0483. The van der Waals surface area contributed by atoms with Crippen LogP contribution in [0.25, 0.3) is 33.3 Å². The van der Waals surface area contributed by atoms with Gasteiger partial charge in [0.25, 0.3) is 21.6 Å². The number of halogens is 1. The zero-order valence-corrected chi connectivity index (χ0v) is 39.3. The summed E-state index contributed by atoms with van der Waals surface area (Å²) in [6, 6.07) is 22.0. The summed E-state index contributed by atoms with van der Waals surface area (Å²) >= 11 is 6.27. The van der Waals surface area contributed by atoms with Gasteiger partial charge in [-0.25, -0.2) is 22.8 Å². The smallest absolute Gasteiger partial charge is 0.293 e. The highest BCUT2D eigenvalue weighted by Crippen LogP contribution is 2.43. The van der Waals surface area contributed by atoms with E-state index in [1.807, 2.05) is 36.4 Å². The molecular formula is C49H55ClN10O6S. The monoisotopic (exact) mass is 946 g/mol. The molecule has 1 saturated carbocycles. The summed E-state index contributed by atoms with van der Waals surface area (Å²) in [5.74, 6) is -0.909. The van der Waals surface area contributed by atoms with Crippen molar-refractivity contribution in [2.45, 2.75) is 69.4 Å². The minimum Gasteiger partial charge on any atom is -0.379 e. The van der Waals surface area contributed by atoms with Crippen molar-refractivity contribution in [3.05, 3.63) is 117 Å². The number of carbonyl (C=O) groups is 1. The van der Waals surface area contributed by atoms with Gasteiger partial charge in [-0.15, -0.1) is 0 Å². The van der Waals surface area contributed by atoms with E-state index in [1.165, 1.54) is 41.7 Å². The number of piperazine rings is 1. The van der Waals surface area contributed by atoms with Crippen LogP contribution in [0.15, 0.2) is 95.7 Å². The first-order valence-corrected chi connectivity index (χ1v) is 25.0. The summed E-state index contributed by atoms with van der Waals surface area (Å²) in [4.78, 5) is 40.6. The highest BCUT2D eigenvalue weighted by molar-refractivity contribution is 7.90. The van der Waals surface area contributed by atoms with Crippen LogP contribution in [-0.2, 0) is 14.8 Å². The molecule has 0 unspecified atom stereocenters. The number of nitro benzene ring substituents is 1. The maximum absolute atomic E-state index is 14.3. The number of aromatic amines is 1. The SMILES string of the molecule is CC1(C)CCC(CN2CCN(c3ccc(C(=O)NS(=O)(=O)c4ccc(NCCCN(C5CC5)C5COC5)c([N+](=O)[O-])c4)c(-n4ncc5nc6[nH]ccc6cc54)c3)CC2)=C(c2ccc(Cl)cc2)C1. The van der Waals surface area contributed by atoms with E-state index in [-0.39, 0.29) is 16.7 Å². The number of fused-ring (bicyclic) bond motifs is 2. The fourth-order valence-electron chi connectivity index (χ4n) is 9.78. The van der Waals surface area contributed by atoms with E-state index in [1.54, 1.807) is 23.1 Å². The number of nitro groups is 1. The molecule has 0 atom stereocenters. The number of H-pyrrole nitrogens is 1. The van der Waals surface area contributed by atoms with Gasteiger partial charge >= 0.3 is 0 Å². The summed E-state index contributed by atoms with van der Waals surface area (Å²) in [6.45, 7) is 11.4. The normalized spacial score (nSPS) is 18.2. The molecule has 16 nitrogen and oxygen atoms in total. The third kappa shape index (κ3) is 9.65. The van der Waals surface area contributed by atoms with Crippen LogP contribution in [0, 0.1) is 15.5 Å². The molecule has 2 aliphatic heterocycles. The second-order valence-electron chi connectivity index (χ2n) is 19.1. The van der Waals surface area contributed by atoms with Gasteiger partial charge in [0, 0.05) is 80.2 Å². The Balaban J connectivity index is 0.878. The number of hydrogen-bond donors (Lipinski definition) is 3. The second kappa shape index (κ2) is 18.3. The highest BCUT2D eigenvalue weighted by atomic mass is 35.5. The first-order chi connectivity index (χ1) is 32.3. The Morgan fingerprint density at radius 1 is 1.01 bits per heavy atom. The molecule has 6 aromatic rings. The molecule has 18 heteroatoms. The molecule has 0 spiro atoms. The molecule has 3 N–H and O–H groups in total. The number of benzene rings is 3. The fraction of sp³-hybridized carbons (Fsp3) is 0.408. The Labute approximate surface area is 394 Å². The van der Waals surface area contributed by atoms with Crippen LogP contribution in [0.2, 0.25) is 5.02 Å². The molecule has 1 amide bonds. The van der Waals surface area contributed by atoms with Gasteiger partial charge in [0.1, 0.15) is 16.9 Å². The molecular weight excluding hydrogens is 892 g/mol. The van der Waals surface area contributed by atoms with E-state index in [0.29, 0.717) is 41.0 Å². The molecule has 350 valence electrons. The summed E-state index contributed by atoms with van der Waals surface area (Å²) in [5, 5.41) is 21.6. The summed E-state index contributed by atoms with van der Waals surface area (Å²) < 4.78 is 37.0.